The van der Waals surface area contributed by atoms with Crippen molar-refractivity contribution in [2.24, 2.45) is 0 Å². The Hall–Kier alpha value is -3.07. The van der Waals surface area contributed by atoms with Crippen LogP contribution >= 0.6 is 0 Å². The van der Waals surface area contributed by atoms with Gasteiger partial charge in [0.2, 0.25) is 5.91 Å². The van der Waals surface area contributed by atoms with Gasteiger partial charge >= 0.3 is 6.18 Å². The Bertz CT molecular complexity index is 792. The number of benzene rings is 2. The summed E-state index contributed by atoms with van der Waals surface area (Å²) in [5.74, 6) is -1.37. The van der Waals surface area contributed by atoms with Crippen LogP contribution in [0.5, 0.6) is 5.75 Å². The minimum absolute atomic E-state index is 0.0881. The van der Waals surface area contributed by atoms with E-state index in [0.717, 1.165) is 12.1 Å². The van der Waals surface area contributed by atoms with E-state index in [4.69, 9.17) is 9.47 Å². The van der Waals surface area contributed by atoms with Gasteiger partial charge in [0.25, 0.3) is 5.91 Å². The van der Waals surface area contributed by atoms with Crippen molar-refractivity contribution in [3.8, 4) is 5.75 Å². The molecule has 0 aliphatic rings. The number of ether oxygens (including phenoxy) is 2. The van der Waals surface area contributed by atoms with Crippen LogP contribution in [-0.2, 0) is 20.5 Å². The van der Waals surface area contributed by atoms with Crippen molar-refractivity contribution >= 4 is 23.2 Å². The number of para-hydroxylation sites is 1. The van der Waals surface area contributed by atoms with Crippen molar-refractivity contribution in [2.75, 3.05) is 31.0 Å². The smallest absolute Gasteiger partial charge is 0.419 e. The number of rotatable bonds is 7. The Kier molecular flexibility index (Phi) is 6.78. The maximum Gasteiger partial charge on any atom is 0.419 e. The van der Waals surface area contributed by atoms with E-state index in [2.05, 4.69) is 10.6 Å². The number of nitrogens with one attached hydrogen (secondary N) is 2. The van der Waals surface area contributed by atoms with Crippen LogP contribution in [-0.4, -0.2) is 32.1 Å². The van der Waals surface area contributed by atoms with Crippen molar-refractivity contribution in [1.29, 1.82) is 0 Å². The Morgan fingerprint density at radius 2 is 1.41 bits per heavy atom. The molecule has 0 aliphatic carbocycles. The molecule has 0 aromatic heterocycles. The van der Waals surface area contributed by atoms with Crippen LogP contribution in [0.25, 0.3) is 0 Å². The number of alkyl halides is 3. The lowest BCUT2D eigenvalue weighted by Crippen LogP contribution is -2.21. The SMILES string of the molecule is COCC(=O)Nc1ccc(NC(=O)COc2ccccc2C(F)(F)F)cc1. The van der Waals surface area contributed by atoms with Gasteiger partial charge in [0, 0.05) is 18.5 Å². The molecule has 0 aliphatic heterocycles. The van der Waals surface area contributed by atoms with Gasteiger partial charge < -0.3 is 20.1 Å². The van der Waals surface area contributed by atoms with Gasteiger partial charge in [-0.15, -0.1) is 0 Å². The normalized spacial score (nSPS) is 11.0. The lowest BCUT2D eigenvalue weighted by molar-refractivity contribution is -0.139. The first kappa shape index (κ1) is 20.2. The minimum atomic E-state index is -4.57. The van der Waals surface area contributed by atoms with Gasteiger partial charge in [-0.2, -0.15) is 13.2 Å². The van der Waals surface area contributed by atoms with Crippen LogP contribution < -0.4 is 15.4 Å². The van der Waals surface area contributed by atoms with Crippen LogP contribution in [0.1, 0.15) is 5.56 Å². The second-order valence-corrected chi connectivity index (χ2v) is 5.39. The molecule has 0 saturated heterocycles. The van der Waals surface area contributed by atoms with Crippen LogP contribution in [0.3, 0.4) is 0 Å². The summed E-state index contributed by atoms with van der Waals surface area (Å²) in [7, 11) is 1.40. The summed E-state index contributed by atoms with van der Waals surface area (Å²) in [6, 6.07) is 10.8. The molecular weight excluding hydrogens is 365 g/mol. The highest BCUT2D eigenvalue weighted by atomic mass is 19.4. The molecular formula is C18H17F3N2O4. The van der Waals surface area contributed by atoms with Gasteiger partial charge in [-0.05, 0) is 36.4 Å². The maximum atomic E-state index is 12.9. The van der Waals surface area contributed by atoms with Gasteiger partial charge in [0.05, 0.1) is 5.56 Å². The van der Waals surface area contributed by atoms with E-state index < -0.39 is 30.0 Å². The molecule has 2 aromatic carbocycles. The molecule has 0 heterocycles. The summed E-state index contributed by atoms with van der Waals surface area (Å²) in [4.78, 5) is 23.3. The van der Waals surface area contributed by atoms with E-state index >= 15 is 0 Å². The van der Waals surface area contributed by atoms with Crippen molar-refractivity contribution < 1.29 is 32.2 Å². The molecule has 2 rings (SSSR count). The highest BCUT2D eigenvalue weighted by Gasteiger charge is 2.34. The summed E-state index contributed by atoms with van der Waals surface area (Å²) >= 11 is 0. The van der Waals surface area contributed by atoms with Crippen LogP contribution in [0.15, 0.2) is 48.5 Å². The second-order valence-electron chi connectivity index (χ2n) is 5.39. The maximum absolute atomic E-state index is 12.9. The number of anilines is 2. The molecule has 144 valence electrons. The number of hydrogen-bond acceptors (Lipinski definition) is 4. The molecule has 2 aromatic rings. The Labute approximate surface area is 153 Å². The average molecular weight is 382 g/mol. The van der Waals surface area contributed by atoms with E-state index in [1.165, 1.54) is 31.4 Å². The number of halogens is 3. The van der Waals surface area contributed by atoms with Gasteiger partial charge in [-0.25, -0.2) is 0 Å². The largest absolute Gasteiger partial charge is 0.483 e. The fraction of sp³-hybridized carbons (Fsp3) is 0.222. The number of carbonyl (C=O) groups is 2. The monoisotopic (exact) mass is 382 g/mol. The Balaban J connectivity index is 1.90. The Morgan fingerprint density at radius 1 is 0.889 bits per heavy atom. The molecule has 0 fully saturated rings. The number of hydrogen-bond donors (Lipinski definition) is 2. The molecule has 2 amide bonds. The third kappa shape index (κ3) is 6.30. The van der Waals surface area contributed by atoms with Crippen molar-refractivity contribution in [1.82, 2.24) is 0 Å². The summed E-state index contributed by atoms with van der Waals surface area (Å²) < 4.78 is 48.3. The van der Waals surface area contributed by atoms with Gasteiger partial charge in [0.15, 0.2) is 6.61 Å². The van der Waals surface area contributed by atoms with Gasteiger partial charge in [0.1, 0.15) is 12.4 Å². The van der Waals surface area contributed by atoms with Crippen molar-refractivity contribution in [3.63, 3.8) is 0 Å². The number of carbonyl (C=O) groups excluding carboxylic acids is 2. The molecule has 27 heavy (non-hydrogen) atoms. The lowest BCUT2D eigenvalue weighted by Gasteiger charge is -2.13. The minimum Gasteiger partial charge on any atom is -0.483 e. The summed E-state index contributed by atoms with van der Waals surface area (Å²) in [5, 5.41) is 5.08. The highest BCUT2D eigenvalue weighted by molar-refractivity contribution is 5.93. The number of amides is 2. The first-order chi connectivity index (χ1) is 12.8. The zero-order valence-electron chi connectivity index (χ0n) is 14.3. The molecule has 6 nitrogen and oxygen atoms in total. The topological polar surface area (TPSA) is 76.7 Å². The van der Waals surface area contributed by atoms with E-state index in [9.17, 15) is 22.8 Å². The molecule has 0 spiro atoms. The first-order valence-electron chi connectivity index (χ1n) is 7.77. The quantitative estimate of drug-likeness (QED) is 0.770. The lowest BCUT2D eigenvalue weighted by atomic mass is 10.2. The molecule has 0 saturated carbocycles. The standard InChI is InChI=1S/C18H17F3N2O4/c1-26-10-16(24)22-12-6-8-13(9-7-12)23-17(25)11-27-15-5-3-2-4-14(15)18(19,20)21/h2-9H,10-11H2,1H3,(H,22,24)(H,23,25). The zero-order chi connectivity index (χ0) is 19.9. The van der Waals surface area contributed by atoms with E-state index in [-0.39, 0.29) is 12.5 Å². The van der Waals surface area contributed by atoms with Gasteiger partial charge in [-0.1, -0.05) is 12.1 Å². The molecule has 9 heteroatoms. The van der Waals surface area contributed by atoms with Crippen molar-refractivity contribution in [3.05, 3.63) is 54.1 Å². The summed E-state index contributed by atoms with van der Waals surface area (Å²) in [6.45, 7) is -0.672. The zero-order valence-corrected chi connectivity index (χ0v) is 14.3. The molecule has 0 bridgehead atoms. The molecule has 0 unspecified atom stereocenters. The fourth-order valence-corrected chi connectivity index (χ4v) is 2.13. The third-order valence-electron chi connectivity index (χ3n) is 3.28. The summed E-state index contributed by atoms with van der Waals surface area (Å²) in [5.41, 5.74) is -0.0446. The van der Waals surface area contributed by atoms with Crippen molar-refractivity contribution in [2.45, 2.75) is 6.18 Å². The van der Waals surface area contributed by atoms with Gasteiger partial charge in [-0.3, -0.25) is 9.59 Å². The molecule has 0 atom stereocenters. The fourth-order valence-electron chi connectivity index (χ4n) is 2.13. The van der Waals surface area contributed by atoms with Crippen LogP contribution in [0, 0.1) is 0 Å². The van der Waals surface area contributed by atoms with E-state index in [0.29, 0.717) is 11.4 Å². The highest BCUT2D eigenvalue weighted by Crippen LogP contribution is 2.35. The predicted octanol–water partition coefficient (Wildman–Crippen LogP) is 3.31. The van der Waals surface area contributed by atoms with E-state index in [1.54, 1.807) is 12.1 Å². The first-order valence-corrected chi connectivity index (χ1v) is 7.77. The third-order valence-corrected chi connectivity index (χ3v) is 3.28. The molecule has 2 N–H and O–H groups in total. The molecule has 0 radical (unpaired) electrons. The average Bonchev–Trinajstić information content (AvgIpc) is 2.61. The Morgan fingerprint density at radius 3 is 1.93 bits per heavy atom. The number of methoxy groups -OCH3 is 1. The summed E-state index contributed by atoms with van der Waals surface area (Å²) in [6.07, 6.45) is -4.57. The van der Waals surface area contributed by atoms with E-state index in [1.807, 2.05) is 0 Å². The predicted molar refractivity (Wildman–Crippen MR) is 92.5 cm³/mol. The van der Waals surface area contributed by atoms with Crippen LogP contribution in [0.2, 0.25) is 0 Å². The van der Waals surface area contributed by atoms with Crippen LogP contribution in [0.4, 0.5) is 24.5 Å². The second kappa shape index (κ2) is 9.04.